The van der Waals surface area contributed by atoms with E-state index in [1.54, 1.807) is 0 Å². The maximum absolute atomic E-state index is 6.23. The van der Waals surface area contributed by atoms with E-state index in [-0.39, 0.29) is 0 Å². The lowest BCUT2D eigenvalue weighted by atomic mass is 9.95. The van der Waals surface area contributed by atoms with Crippen molar-refractivity contribution in [2.45, 2.75) is 25.7 Å². The van der Waals surface area contributed by atoms with Gasteiger partial charge in [0.1, 0.15) is 0 Å². The van der Waals surface area contributed by atoms with E-state index in [1.165, 1.54) is 12.0 Å². The van der Waals surface area contributed by atoms with Crippen LogP contribution in [0.15, 0.2) is 24.3 Å². The van der Waals surface area contributed by atoms with Crippen molar-refractivity contribution in [1.82, 2.24) is 5.32 Å². The van der Waals surface area contributed by atoms with Crippen LogP contribution in [0, 0.1) is 5.92 Å². The summed E-state index contributed by atoms with van der Waals surface area (Å²) in [5.74, 6) is 0.748. The van der Waals surface area contributed by atoms with E-state index < -0.39 is 0 Å². The molecule has 0 spiro atoms. The summed E-state index contributed by atoms with van der Waals surface area (Å²) in [6.07, 6.45) is 1.25. The second-order valence-electron chi connectivity index (χ2n) is 4.61. The van der Waals surface area contributed by atoms with Crippen LogP contribution >= 0.6 is 11.6 Å². The molecule has 2 atom stereocenters. The van der Waals surface area contributed by atoms with Gasteiger partial charge in [0.25, 0.3) is 0 Å². The Morgan fingerprint density at radius 2 is 2.20 bits per heavy atom. The molecule has 15 heavy (non-hydrogen) atoms. The molecule has 0 heterocycles. The predicted octanol–water partition coefficient (Wildman–Crippen LogP) is 3.23. The number of hydrogen-bond acceptors (Lipinski definition) is 1. The summed E-state index contributed by atoms with van der Waals surface area (Å²) in [4.78, 5) is 0. The summed E-state index contributed by atoms with van der Waals surface area (Å²) in [5, 5.41) is 4.33. The van der Waals surface area contributed by atoms with Crippen LogP contribution in [-0.4, -0.2) is 13.1 Å². The molecule has 1 aromatic carbocycles. The predicted molar refractivity (Wildman–Crippen MR) is 65.5 cm³/mol. The Morgan fingerprint density at radius 1 is 1.47 bits per heavy atom. The number of benzene rings is 1. The Kier molecular flexibility index (Phi) is 3.03. The fraction of sp³-hybridized carbons (Fsp3) is 0.538. The lowest BCUT2D eigenvalue weighted by molar-refractivity contribution is 0.592. The van der Waals surface area contributed by atoms with Crippen LogP contribution in [0.2, 0.25) is 5.02 Å². The molecule has 1 aliphatic rings. The van der Waals surface area contributed by atoms with Gasteiger partial charge in [0.2, 0.25) is 0 Å². The van der Waals surface area contributed by atoms with Gasteiger partial charge in [0, 0.05) is 5.02 Å². The van der Waals surface area contributed by atoms with Crippen molar-refractivity contribution in [3.8, 4) is 0 Å². The van der Waals surface area contributed by atoms with Crippen LogP contribution in [0.25, 0.3) is 0 Å². The second-order valence-corrected chi connectivity index (χ2v) is 5.01. The first-order valence-corrected chi connectivity index (χ1v) is 6.02. The van der Waals surface area contributed by atoms with Crippen LogP contribution in [0.1, 0.15) is 25.8 Å². The van der Waals surface area contributed by atoms with E-state index in [9.17, 15) is 0 Å². The number of rotatable bonds is 4. The lowest BCUT2D eigenvalue weighted by Gasteiger charge is -2.13. The van der Waals surface area contributed by atoms with E-state index >= 15 is 0 Å². The van der Waals surface area contributed by atoms with Gasteiger partial charge in [0.05, 0.1) is 0 Å². The van der Waals surface area contributed by atoms with Crippen LogP contribution in [-0.2, 0) is 5.41 Å². The van der Waals surface area contributed by atoms with Crippen LogP contribution in [0.3, 0.4) is 0 Å². The van der Waals surface area contributed by atoms with Gasteiger partial charge in [-0.15, -0.1) is 0 Å². The van der Waals surface area contributed by atoms with Gasteiger partial charge in [-0.2, -0.15) is 0 Å². The topological polar surface area (TPSA) is 12.0 Å². The SMILES string of the molecule is CCNCC1CC1(C)c1ccccc1Cl. The number of hydrogen-bond donors (Lipinski definition) is 1. The largest absolute Gasteiger partial charge is 0.317 e. The molecule has 2 rings (SSSR count). The van der Waals surface area contributed by atoms with E-state index in [4.69, 9.17) is 11.6 Å². The minimum atomic E-state index is 0.306. The standard InChI is InChI=1S/C13H18ClN/c1-3-15-9-10-8-13(10,2)11-6-4-5-7-12(11)14/h4-7,10,15H,3,8-9H2,1-2H3. The molecular formula is C13H18ClN. The van der Waals surface area contributed by atoms with E-state index in [2.05, 4.69) is 31.3 Å². The molecular weight excluding hydrogens is 206 g/mol. The molecule has 2 heteroatoms. The molecule has 2 unspecified atom stereocenters. The molecule has 0 aromatic heterocycles. The molecule has 0 bridgehead atoms. The van der Waals surface area contributed by atoms with Crippen molar-refractivity contribution in [3.05, 3.63) is 34.9 Å². The summed E-state index contributed by atoms with van der Waals surface area (Å²) >= 11 is 6.23. The zero-order valence-corrected chi connectivity index (χ0v) is 10.1. The monoisotopic (exact) mass is 223 g/mol. The Morgan fingerprint density at radius 3 is 2.87 bits per heavy atom. The minimum absolute atomic E-state index is 0.306. The van der Waals surface area contributed by atoms with Gasteiger partial charge in [-0.25, -0.2) is 0 Å². The quantitative estimate of drug-likeness (QED) is 0.827. The van der Waals surface area contributed by atoms with E-state index in [0.717, 1.165) is 24.0 Å². The zero-order chi connectivity index (χ0) is 10.9. The van der Waals surface area contributed by atoms with Gasteiger partial charge in [-0.05, 0) is 42.5 Å². The summed E-state index contributed by atoms with van der Waals surface area (Å²) in [5.41, 5.74) is 1.62. The summed E-state index contributed by atoms with van der Waals surface area (Å²) < 4.78 is 0. The zero-order valence-electron chi connectivity index (χ0n) is 9.39. The Labute approximate surface area is 96.8 Å². The number of nitrogens with one attached hydrogen (secondary N) is 1. The molecule has 0 saturated heterocycles. The molecule has 1 aliphatic carbocycles. The number of halogens is 1. The van der Waals surface area contributed by atoms with Crippen LogP contribution in [0.5, 0.6) is 0 Å². The first-order valence-electron chi connectivity index (χ1n) is 5.64. The van der Waals surface area contributed by atoms with Gasteiger partial charge >= 0.3 is 0 Å². The van der Waals surface area contributed by atoms with Gasteiger partial charge in [-0.1, -0.05) is 43.6 Å². The summed E-state index contributed by atoms with van der Waals surface area (Å²) in [7, 11) is 0. The summed E-state index contributed by atoms with van der Waals surface area (Å²) in [6, 6.07) is 8.23. The second kappa shape index (κ2) is 4.15. The minimum Gasteiger partial charge on any atom is -0.317 e. The highest BCUT2D eigenvalue weighted by Gasteiger charge is 2.51. The third kappa shape index (κ3) is 2.04. The molecule has 1 fully saturated rings. The van der Waals surface area contributed by atoms with E-state index in [1.807, 2.05) is 12.1 Å². The average Bonchev–Trinajstić information content (AvgIpc) is 2.88. The van der Waals surface area contributed by atoms with Crippen molar-refractivity contribution in [2.24, 2.45) is 5.92 Å². The molecule has 0 amide bonds. The molecule has 1 aromatic rings. The maximum Gasteiger partial charge on any atom is 0.0443 e. The van der Waals surface area contributed by atoms with Gasteiger partial charge < -0.3 is 5.32 Å². The van der Waals surface area contributed by atoms with Crippen molar-refractivity contribution in [3.63, 3.8) is 0 Å². The fourth-order valence-corrected chi connectivity index (χ4v) is 2.67. The molecule has 0 aliphatic heterocycles. The molecule has 0 radical (unpaired) electrons. The molecule has 1 nitrogen and oxygen atoms in total. The molecule has 1 N–H and O–H groups in total. The smallest absolute Gasteiger partial charge is 0.0443 e. The Hall–Kier alpha value is -0.530. The average molecular weight is 224 g/mol. The lowest BCUT2D eigenvalue weighted by Crippen LogP contribution is -2.19. The van der Waals surface area contributed by atoms with Gasteiger partial charge in [0.15, 0.2) is 0 Å². The highest BCUT2D eigenvalue weighted by atomic mass is 35.5. The van der Waals surface area contributed by atoms with Crippen LogP contribution < -0.4 is 5.32 Å². The summed E-state index contributed by atoms with van der Waals surface area (Å²) in [6.45, 7) is 6.62. The van der Waals surface area contributed by atoms with Crippen molar-refractivity contribution in [1.29, 1.82) is 0 Å². The molecule has 82 valence electrons. The first kappa shape index (κ1) is 11.0. The van der Waals surface area contributed by atoms with Crippen LogP contribution in [0.4, 0.5) is 0 Å². The normalized spacial score (nSPS) is 29.1. The third-order valence-electron chi connectivity index (χ3n) is 3.54. The third-order valence-corrected chi connectivity index (χ3v) is 3.87. The fourth-order valence-electron chi connectivity index (χ4n) is 2.32. The highest BCUT2D eigenvalue weighted by Crippen LogP contribution is 2.55. The van der Waals surface area contributed by atoms with Crippen molar-refractivity contribution < 1.29 is 0 Å². The Bertz CT molecular complexity index is 350. The van der Waals surface area contributed by atoms with E-state index in [0.29, 0.717) is 5.41 Å². The highest BCUT2D eigenvalue weighted by molar-refractivity contribution is 6.31. The maximum atomic E-state index is 6.23. The molecule has 1 saturated carbocycles. The van der Waals surface area contributed by atoms with Crippen molar-refractivity contribution in [2.75, 3.05) is 13.1 Å². The first-order chi connectivity index (χ1) is 7.18. The van der Waals surface area contributed by atoms with Gasteiger partial charge in [-0.3, -0.25) is 0 Å². The van der Waals surface area contributed by atoms with Crippen molar-refractivity contribution >= 4 is 11.6 Å². The Balaban J connectivity index is 2.10.